The minimum absolute atomic E-state index is 0.0888. The van der Waals surface area contributed by atoms with Crippen LogP contribution in [0.2, 0.25) is 0 Å². The molecule has 0 bridgehead atoms. The Bertz CT molecular complexity index is 715. The third-order valence-corrected chi connectivity index (χ3v) is 4.76. The summed E-state index contributed by atoms with van der Waals surface area (Å²) in [6.45, 7) is 5.41. The van der Waals surface area contributed by atoms with Crippen molar-refractivity contribution in [2.24, 2.45) is 5.73 Å². The Morgan fingerprint density at radius 2 is 1.77 bits per heavy atom. The van der Waals surface area contributed by atoms with Gasteiger partial charge in [0, 0.05) is 17.6 Å². The van der Waals surface area contributed by atoms with Gasteiger partial charge in [0.2, 0.25) is 0 Å². The lowest BCUT2D eigenvalue weighted by Gasteiger charge is -2.24. The predicted molar refractivity (Wildman–Crippen MR) is 91.5 cm³/mol. The number of nitrogens with zero attached hydrogens (tertiary/aromatic N) is 1. The van der Waals surface area contributed by atoms with Crippen LogP contribution in [0.1, 0.15) is 19.4 Å². The van der Waals surface area contributed by atoms with Gasteiger partial charge in [-0.2, -0.15) is 0 Å². The number of rotatable bonds is 3. The molecule has 1 heterocycles. The Labute approximate surface area is 134 Å². The number of hydrogen-bond acceptors (Lipinski definition) is 3. The Morgan fingerprint density at radius 1 is 1.14 bits per heavy atom. The van der Waals surface area contributed by atoms with Crippen molar-refractivity contribution in [1.29, 1.82) is 0 Å². The number of benzene rings is 2. The zero-order chi connectivity index (χ0) is 15.7. The topological polar surface area (TPSA) is 58.4 Å². The van der Waals surface area contributed by atoms with Crippen LogP contribution in [0.4, 0.5) is 16.2 Å². The Hall–Kier alpha value is -2.14. The molecule has 2 amide bonds. The maximum absolute atomic E-state index is 11.0. The summed E-state index contributed by atoms with van der Waals surface area (Å²) in [4.78, 5) is 14.3. The number of urea groups is 1. The van der Waals surface area contributed by atoms with E-state index in [0.717, 1.165) is 17.1 Å². The van der Waals surface area contributed by atoms with Gasteiger partial charge in [0.25, 0.3) is 0 Å². The number of carbonyl (C=O) groups excluding carboxylic acids is 1. The van der Waals surface area contributed by atoms with Crippen molar-refractivity contribution in [3.05, 3.63) is 54.1 Å². The summed E-state index contributed by atoms with van der Waals surface area (Å²) >= 11 is 1.25. The molecule has 0 fully saturated rings. The zero-order valence-electron chi connectivity index (χ0n) is 12.7. The van der Waals surface area contributed by atoms with Crippen LogP contribution >= 0.6 is 11.9 Å². The summed E-state index contributed by atoms with van der Waals surface area (Å²) in [7, 11) is 0. The van der Waals surface area contributed by atoms with Crippen molar-refractivity contribution in [2.75, 3.05) is 11.4 Å². The Kier molecular flexibility index (Phi) is 3.74. The van der Waals surface area contributed by atoms with Crippen molar-refractivity contribution < 1.29 is 4.79 Å². The number of para-hydroxylation sites is 2. The number of amides is 2. The quantitative estimate of drug-likeness (QED) is 0.848. The van der Waals surface area contributed by atoms with Crippen LogP contribution in [0.15, 0.2) is 53.4 Å². The molecule has 0 saturated heterocycles. The molecule has 0 unspecified atom stereocenters. The number of nitrogens with two attached hydrogens (primary N) is 1. The van der Waals surface area contributed by atoms with Gasteiger partial charge < -0.3 is 10.6 Å². The normalized spacial score (nSPS) is 15.5. The van der Waals surface area contributed by atoms with Crippen molar-refractivity contribution in [3.8, 4) is 0 Å². The van der Waals surface area contributed by atoms with Gasteiger partial charge in [-0.25, -0.2) is 4.79 Å². The fraction of sp³-hybridized carbons (Fsp3) is 0.235. The molecule has 0 atom stereocenters. The second-order valence-corrected chi connectivity index (χ2v) is 6.87. The largest absolute Gasteiger partial charge is 0.351 e. The molecule has 3 rings (SSSR count). The van der Waals surface area contributed by atoms with Crippen LogP contribution in [0.25, 0.3) is 0 Å². The second-order valence-electron chi connectivity index (χ2n) is 6.02. The highest BCUT2D eigenvalue weighted by Gasteiger charge is 2.36. The maximum Gasteiger partial charge on any atom is 0.322 e. The van der Waals surface area contributed by atoms with E-state index in [1.807, 2.05) is 18.2 Å². The minimum Gasteiger partial charge on any atom is -0.351 e. The van der Waals surface area contributed by atoms with Gasteiger partial charge in [0.15, 0.2) is 0 Å². The standard InChI is InChI=1S/C17H19N3OS/c1-17(2)11-20(13-8-4-3-7-12(13)17)14-9-5-6-10-15(14)22-19-16(18)21/h3-10H,11H2,1-2H3,(H3,18,19,21). The molecule has 1 aliphatic rings. The van der Waals surface area contributed by atoms with Gasteiger partial charge in [0.1, 0.15) is 0 Å². The van der Waals surface area contributed by atoms with Gasteiger partial charge in [-0.15, -0.1) is 0 Å². The first-order valence-corrected chi connectivity index (χ1v) is 7.99. The first-order valence-electron chi connectivity index (χ1n) is 7.17. The first kappa shape index (κ1) is 14.8. The molecule has 2 aromatic rings. The van der Waals surface area contributed by atoms with Crippen molar-refractivity contribution in [2.45, 2.75) is 24.2 Å². The van der Waals surface area contributed by atoms with Crippen molar-refractivity contribution in [1.82, 2.24) is 4.72 Å². The molecule has 4 nitrogen and oxygen atoms in total. The second kappa shape index (κ2) is 5.57. The smallest absolute Gasteiger partial charge is 0.322 e. The third-order valence-electron chi connectivity index (χ3n) is 3.90. The van der Waals surface area contributed by atoms with Gasteiger partial charge in [-0.05, 0) is 35.7 Å². The van der Waals surface area contributed by atoms with Crippen molar-refractivity contribution in [3.63, 3.8) is 0 Å². The number of hydrogen-bond donors (Lipinski definition) is 2. The molecule has 0 saturated carbocycles. The number of carbonyl (C=O) groups is 1. The molecule has 2 aromatic carbocycles. The van der Waals surface area contributed by atoms with E-state index in [0.29, 0.717) is 0 Å². The van der Waals surface area contributed by atoms with Gasteiger partial charge in [-0.3, -0.25) is 4.72 Å². The molecule has 0 radical (unpaired) electrons. The van der Waals surface area contributed by atoms with E-state index >= 15 is 0 Å². The predicted octanol–water partition coefficient (Wildman–Crippen LogP) is 3.79. The van der Waals surface area contributed by atoms with E-state index in [-0.39, 0.29) is 5.41 Å². The number of nitrogens with one attached hydrogen (secondary N) is 1. The van der Waals surface area contributed by atoms with E-state index in [4.69, 9.17) is 5.73 Å². The number of anilines is 2. The Balaban J connectivity index is 2.01. The maximum atomic E-state index is 11.0. The van der Waals surface area contributed by atoms with E-state index in [1.165, 1.54) is 23.2 Å². The number of primary amides is 1. The molecule has 0 aliphatic carbocycles. The molecule has 0 aromatic heterocycles. The molecule has 1 aliphatic heterocycles. The molecule has 0 spiro atoms. The fourth-order valence-electron chi connectivity index (χ4n) is 2.93. The van der Waals surface area contributed by atoms with E-state index < -0.39 is 6.03 Å². The summed E-state index contributed by atoms with van der Waals surface area (Å²) in [6, 6.07) is 16.0. The van der Waals surface area contributed by atoms with Gasteiger partial charge in [0.05, 0.1) is 10.6 Å². The van der Waals surface area contributed by atoms with Crippen LogP contribution in [0.5, 0.6) is 0 Å². The summed E-state index contributed by atoms with van der Waals surface area (Å²) in [5.41, 5.74) is 8.92. The summed E-state index contributed by atoms with van der Waals surface area (Å²) in [6.07, 6.45) is 0. The van der Waals surface area contributed by atoms with Gasteiger partial charge in [-0.1, -0.05) is 44.2 Å². The average Bonchev–Trinajstić information content (AvgIpc) is 2.78. The highest BCUT2D eigenvalue weighted by atomic mass is 32.2. The summed E-state index contributed by atoms with van der Waals surface area (Å²) in [5.74, 6) is 0. The lowest BCUT2D eigenvalue weighted by molar-refractivity contribution is 0.254. The molecule has 5 heteroatoms. The Morgan fingerprint density at radius 3 is 2.50 bits per heavy atom. The van der Waals surface area contributed by atoms with E-state index in [1.54, 1.807) is 0 Å². The average molecular weight is 313 g/mol. The van der Waals surface area contributed by atoms with E-state index in [2.05, 4.69) is 53.8 Å². The van der Waals surface area contributed by atoms with Crippen LogP contribution in [0, 0.1) is 0 Å². The van der Waals surface area contributed by atoms with Gasteiger partial charge >= 0.3 is 6.03 Å². The lowest BCUT2D eigenvalue weighted by Crippen LogP contribution is -2.26. The summed E-state index contributed by atoms with van der Waals surface area (Å²) in [5, 5.41) is 0. The molecule has 114 valence electrons. The third kappa shape index (κ3) is 2.64. The number of fused-ring (bicyclic) bond motifs is 1. The highest BCUT2D eigenvalue weighted by molar-refractivity contribution is 7.98. The SMILES string of the molecule is CC1(C)CN(c2ccccc2SNC(N)=O)c2ccccc21. The minimum atomic E-state index is -0.540. The van der Waals surface area contributed by atoms with Crippen LogP contribution in [0.3, 0.4) is 0 Å². The molecular weight excluding hydrogens is 294 g/mol. The molecule has 22 heavy (non-hydrogen) atoms. The monoisotopic (exact) mass is 313 g/mol. The lowest BCUT2D eigenvalue weighted by atomic mass is 9.87. The van der Waals surface area contributed by atoms with Crippen LogP contribution < -0.4 is 15.4 Å². The molecular formula is C17H19N3OS. The molecule has 3 N–H and O–H groups in total. The first-order chi connectivity index (χ1) is 10.5. The zero-order valence-corrected chi connectivity index (χ0v) is 13.5. The van der Waals surface area contributed by atoms with Crippen LogP contribution in [-0.2, 0) is 5.41 Å². The van der Waals surface area contributed by atoms with Crippen molar-refractivity contribution >= 4 is 29.4 Å². The summed E-state index contributed by atoms with van der Waals surface area (Å²) < 4.78 is 2.60. The fourth-order valence-corrected chi connectivity index (χ4v) is 3.57. The highest BCUT2D eigenvalue weighted by Crippen LogP contribution is 2.45. The van der Waals surface area contributed by atoms with E-state index in [9.17, 15) is 4.79 Å². The van der Waals surface area contributed by atoms with Crippen LogP contribution in [-0.4, -0.2) is 12.6 Å².